The molecule has 1 heterocycles. The van der Waals surface area contributed by atoms with Gasteiger partial charge in [-0.3, -0.25) is 19.2 Å². The van der Waals surface area contributed by atoms with E-state index in [4.69, 9.17) is 0 Å². The van der Waals surface area contributed by atoms with E-state index in [1.807, 2.05) is 12.1 Å². The van der Waals surface area contributed by atoms with Crippen LogP contribution >= 0.6 is 0 Å². The summed E-state index contributed by atoms with van der Waals surface area (Å²) in [5, 5.41) is 14.3. The number of Topliss-reactive ketones (excluding diaryl/α,β-unsaturated/α-hetero) is 2. The first-order valence-corrected chi connectivity index (χ1v) is 10.6. The monoisotopic (exact) mass is 487 g/mol. The van der Waals surface area contributed by atoms with E-state index in [1.54, 1.807) is 36.4 Å². The molecule has 2 aromatic rings. The molecule has 178 valence electrons. The van der Waals surface area contributed by atoms with Gasteiger partial charge in [-0.2, -0.15) is 0 Å². The summed E-state index contributed by atoms with van der Waals surface area (Å²) >= 11 is 0. The summed E-state index contributed by atoms with van der Waals surface area (Å²) in [6.07, 6.45) is 0.969. The Balaban J connectivity index is 0.00000324. The molecule has 2 unspecified atom stereocenters. The first-order chi connectivity index (χ1) is 16.1. The number of carbonyl (C=O) groups is 5. The largest absolute Gasteiger partial charge is 1.00 e. The third-order valence-electron chi connectivity index (χ3n) is 5.48. The zero-order valence-electron chi connectivity index (χ0n) is 21.0. The number of ketones is 2. The molecular formula is C25H26N3NaO6. The molecule has 2 aromatic carbocycles. The van der Waals surface area contributed by atoms with Crippen molar-refractivity contribution in [3.63, 3.8) is 0 Å². The van der Waals surface area contributed by atoms with Crippen LogP contribution in [-0.2, 0) is 14.4 Å². The van der Waals surface area contributed by atoms with E-state index in [9.17, 15) is 29.1 Å². The van der Waals surface area contributed by atoms with Crippen LogP contribution in [0.5, 0.6) is 0 Å². The average Bonchev–Trinajstić information content (AvgIpc) is 2.80. The molecule has 9 nitrogen and oxygen atoms in total. The summed E-state index contributed by atoms with van der Waals surface area (Å²) in [6.45, 7) is 3.01. The van der Waals surface area contributed by atoms with Crippen molar-refractivity contribution < 1.29 is 60.1 Å². The minimum atomic E-state index is -1.39. The fraction of sp³-hybridized carbons (Fsp3) is 0.240. The Bertz CT molecular complexity index is 1220. The van der Waals surface area contributed by atoms with Crippen molar-refractivity contribution in [2.24, 2.45) is 0 Å². The van der Waals surface area contributed by atoms with E-state index in [0.717, 1.165) is 11.1 Å². The van der Waals surface area contributed by atoms with Gasteiger partial charge < -0.3 is 22.1 Å². The summed E-state index contributed by atoms with van der Waals surface area (Å²) in [6, 6.07) is 10.8. The van der Waals surface area contributed by atoms with Gasteiger partial charge in [0.1, 0.15) is 0 Å². The Morgan fingerprint density at radius 1 is 1.09 bits per heavy atom. The van der Waals surface area contributed by atoms with E-state index >= 15 is 0 Å². The molecular weight excluding hydrogens is 461 g/mol. The normalized spacial score (nSPS) is 16.0. The molecule has 0 spiro atoms. The molecule has 35 heavy (non-hydrogen) atoms. The molecule has 0 aliphatic carbocycles. The van der Waals surface area contributed by atoms with E-state index in [2.05, 4.69) is 10.6 Å². The number of nitrogens with one attached hydrogen (secondary N) is 2. The number of carboxylic acid groups (broad SMARTS) is 1. The van der Waals surface area contributed by atoms with Crippen molar-refractivity contribution in [3.8, 4) is 11.1 Å². The van der Waals surface area contributed by atoms with Crippen LogP contribution in [0, 0.1) is 0 Å². The second kappa shape index (κ2) is 11.9. The van der Waals surface area contributed by atoms with Crippen LogP contribution in [0.25, 0.3) is 11.1 Å². The SMILES string of the molecule is CC(=O)c1cccc(-c2cccc(C(CC(=O)O)NC(=O)NC3C(=O)C(C)=CN(C)C3=O)c2)c1.[H-].[Na+]. The summed E-state index contributed by atoms with van der Waals surface area (Å²) in [7, 11) is 1.48. The zero-order valence-corrected chi connectivity index (χ0v) is 22.0. The Labute approximate surface area is 226 Å². The quantitative estimate of drug-likeness (QED) is 0.282. The Kier molecular flexibility index (Phi) is 9.53. The number of carbonyl (C=O) groups excluding carboxylic acids is 4. The molecule has 2 atom stereocenters. The standard InChI is InChI=1S/C25H25N3O6.Na.H/c1-14-13-28(3)24(33)22(23(14)32)27-25(34)26-20(12-21(30)31)19-9-5-8-18(11-19)17-7-4-6-16(10-17)15(2)29;;/h4-11,13,20,22H,12H2,1-3H3,(H,30,31)(H2,26,27,34);;/q;+1;-1. The van der Waals surface area contributed by atoms with E-state index in [1.165, 1.54) is 32.0 Å². The molecule has 10 heteroatoms. The molecule has 1 aliphatic heterocycles. The number of hydrogen-bond acceptors (Lipinski definition) is 5. The maximum atomic E-state index is 12.7. The van der Waals surface area contributed by atoms with E-state index in [-0.39, 0.29) is 36.8 Å². The van der Waals surface area contributed by atoms with Gasteiger partial charge in [0.05, 0.1) is 12.5 Å². The third-order valence-corrected chi connectivity index (χ3v) is 5.48. The second-order valence-electron chi connectivity index (χ2n) is 8.09. The number of carboxylic acids is 1. The van der Waals surface area contributed by atoms with Gasteiger partial charge >= 0.3 is 41.6 Å². The van der Waals surface area contributed by atoms with Crippen LogP contribution in [-0.4, -0.2) is 52.6 Å². The smallest absolute Gasteiger partial charge is 1.00 e. The number of benzene rings is 2. The summed E-state index contributed by atoms with van der Waals surface area (Å²) in [4.78, 5) is 61.8. The minimum absolute atomic E-state index is 0. The third kappa shape index (κ3) is 6.88. The van der Waals surface area contributed by atoms with Crippen LogP contribution in [0.2, 0.25) is 0 Å². The van der Waals surface area contributed by atoms with Crippen molar-refractivity contribution in [1.82, 2.24) is 15.5 Å². The Hall–Kier alpha value is -3.27. The molecule has 1 aliphatic rings. The maximum Gasteiger partial charge on any atom is 1.00 e. The fourth-order valence-electron chi connectivity index (χ4n) is 3.70. The van der Waals surface area contributed by atoms with Gasteiger partial charge in [-0.1, -0.05) is 36.4 Å². The Morgan fingerprint density at radius 2 is 1.71 bits per heavy atom. The molecule has 0 bridgehead atoms. The number of amides is 3. The molecule has 3 N–H and O–H groups in total. The number of hydrogen-bond donors (Lipinski definition) is 3. The molecule has 0 fully saturated rings. The number of likely N-dealkylation sites (N-methyl/N-ethyl adjacent to an activating group) is 1. The number of nitrogens with zero attached hydrogens (tertiary/aromatic N) is 1. The van der Waals surface area contributed by atoms with Crippen LogP contribution in [0.3, 0.4) is 0 Å². The van der Waals surface area contributed by atoms with Gasteiger partial charge in [0.15, 0.2) is 17.6 Å². The Morgan fingerprint density at radius 3 is 2.34 bits per heavy atom. The van der Waals surface area contributed by atoms with Crippen LogP contribution < -0.4 is 40.2 Å². The summed E-state index contributed by atoms with van der Waals surface area (Å²) < 4.78 is 0. The number of rotatable bonds is 7. The zero-order chi connectivity index (χ0) is 25.0. The van der Waals surface area contributed by atoms with Crippen LogP contribution in [0.15, 0.2) is 60.3 Å². The number of aliphatic carboxylic acids is 1. The van der Waals surface area contributed by atoms with Crippen molar-refractivity contribution >= 4 is 29.5 Å². The van der Waals surface area contributed by atoms with Crippen molar-refractivity contribution in [1.29, 1.82) is 0 Å². The van der Waals surface area contributed by atoms with Gasteiger partial charge in [0.2, 0.25) is 0 Å². The van der Waals surface area contributed by atoms with Crippen molar-refractivity contribution in [2.45, 2.75) is 32.4 Å². The van der Waals surface area contributed by atoms with Gasteiger partial charge in [0, 0.05) is 24.4 Å². The average molecular weight is 487 g/mol. The molecule has 0 saturated carbocycles. The molecule has 0 radical (unpaired) electrons. The fourth-order valence-corrected chi connectivity index (χ4v) is 3.70. The van der Waals surface area contributed by atoms with Gasteiger partial charge in [-0.25, -0.2) is 4.79 Å². The minimum Gasteiger partial charge on any atom is -1.00 e. The molecule has 0 aromatic heterocycles. The van der Waals surface area contributed by atoms with Gasteiger partial charge in [0.25, 0.3) is 5.91 Å². The van der Waals surface area contributed by atoms with Crippen LogP contribution in [0.1, 0.15) is 43.7 Å². The first-order valence-electron chi connectivity index (χ1n) is 10.6. The molecule has 0 saturated heterocycles. The molecule has 3 amide bonds. The van der Waals surface area contributed by atoms with Crippen molar-refractivity contribution in [2.75, 3.05) is 7.05 Å². The first kappa shape index (κ1) is 28.0. The van der Waals surface area contributed by atoms with Crippen LogP contribution in [0.4, 0.5) is 4.79 Å². The van der Waals surface area contributed by atoms with E-state index in [0.29, 0.717) is 16.7 Å². The second-order valence-corrected chi connectivity index (χ2v) is 8.09. The summed E-state index contributed by atoms with van der Waals surface area (Å²) in [5.74, 6) is -2.34. The summed E-state index contributed by atoms with van der Waals surface area (Å²) in [5.41, 5.74) is 2.86. The van der Waals surface area contributed by atoms with Crippen molar-refractivity contribution in [3.05, 3.63) is 71.4 Å². The number of urea groups is 1. The van der Waals surface area contributed by atoms with Gasteiger partial charge in [-0.05, 0) is 42.7 Å². The van der Waals surface area contributed by atoms with E-state index < -0.39 is 42.2 Å². The predicted molar refractivity (Wildman–Crippen MR) is 125 cm³/mol. The maximum absolute atomic E-state index is 12.7. The molecule has 3 rings (SSSR count). The topological polar surface area (TPSA) is 133 Å². The van der Waals surface area contributed by atoms with Gasteiger partial charge in [-0.15, -0.1) is 0 Å². The predicted octanol–water partition coefficient (Wildman–Crippen LogP) is -0.199.